The van der Waals surface area contributed by atoms with E-state index in [-0.39, 0.29) is 0 Å². The monoisotopic (exact) mass is 428 g/mol. The van der Waals surface area contributed by atoms with Crippen LogP contribution >= 0.6 is 0 Å². The molecule has 0 aliphatic heterocycles. The molecule has 4 rings (SSSR count). The predicted octanol–water partition coefficient (Wildman–Crippen LogP) is 5.80. The molecular weight excluding hydrogens is 396 g/mol. The van der Waals surface area contributed by atoms with Crippen molar-refractivity contribution in [2.45, 2.75) is 39.3 Å². The summed E-state index contributed by atoms with van der Waals surface area (Å²) in [6.07, 6.45) is 6.09. The summed E-state index contributed by atoms with van der Waals surface area (Å²) in [5.41, 5.74) is 16.7. The summed E-state index contributed by atoms with van der Waals surface area (Å²) in [4.78, 5) is 4.37. The number of anilines is 1. The van der Waals surface area contributed by atoms with Gasteiger partial charge in [0.15, 0.2) is 0 Å². The van der Waals surface area contributed by atoms with Crippen LogP contribution in [-0.4, -0.2) is 16.1 Å². The molecule has 32 heavy (non-hydrogen) atoms. The Morgan fingerprint density at radius 2 is 1.88 bits per heavy atom. The maximum atomic E-state index is 6.36. The summed E-state index contributed by atoms with van der Waals surface area (Å²) in [6, 6.07) is 20.7. The molecule has 0 bridgehead atoms. The largest absolute Gasteiger partial charge is 0.489 e. The van der Waals surface area contributed by atoms with Crippen molar-refractivity contribution >= 4 is 16.7 Å². The van der Waals surface area contributed by atoms with Crippen LogP contribution in [0.3, 0.4) is 0 Å². The van der Waals surface area contributed by atoms with E-state index < -0.39 is 0 Å². The van der Waals surface area contributed by atoms with E-state index in [9.17, 15) is 0 Å². The van der Waals surface area contributed by atoms with Gasteiger partial charge in [0.05, 0.1) is 5.52 Å². The third-order valence-corrected chi connectivity index (χ3v) is 6.23. The van der Waals surface area contributed by atoms with Crippen molar-refractivity contribution in [1.29, 1.82) is 0 Å². The van der Waals surface area contributed by atoms with Gasteiger partial charge < -0.3 is 20.8 Å². The van der Waals surface area contributed by atoms with E-state index in [0.717, 1.165) is 46.2 Å². The fourth-order valence-corrected chi connectivity index (χ4v) is 4.33. The highest BCUT2D eigenvalue weighted by Crippen LogP contribution is 2.37. The van der Waals surface area contributed by atoms with Crippen LogP contribution in [0.4, 0.5) is 5.82 Å². The molecule has 0 aliphatic rings. The number of nitrogens with two attached hydrogens (primary N) is 2. The lowest BCUT2D eigenvalue weighted by molar-refractivity contribution is 0.306. The molecule has 2 aromatic heterocycles. The summed E-state index contributed by atoms with van der Waals surface area (Å²) in [5.74, 6) is 1.88. The van der Waals surface area contributed by atoms with Crippen molar-refractivity contribution in [2.24, 2.45) is 11.7 Å². The average Bonchev–Trinajstić information content (AvgIpc) is 3.23. The number of benzene rings is 2. The number of nitrogens with zero attached hydrogens (tertiary/aromatic N) is 2. The van der Waals surface area contributed by atoms with Crippen LogP contribution in [0.25, 0.3) is 22.0 Å². The van der Waals surface area contributed by atoms with E-state index in [0.29, 0.717) is 30.9 Å². The number of nitrogen functional groups attached to an aromatic ring is 1. The molecule has 0 saturated carbocycles. The minimum absolute atomic E-state index is 0.305. The molecule has 0 aliphatic carbocycles. The van der Waals surface area contributed by atoms with Gasteiger partial charge in [-0.2, -0.15) is 0 Å². The molecule has 2 aromatic carbocycles. The van der Waals surface area contributed by atoms with Gasteiger partial charge in [0, 0.05) is 29.4 Å². The molecule has 2 atom stereocenters. The number of hydrogen-bond acceptors (Lipinski definition) is 4. The van der Waals surface area contributed by atoms with E-state index in [1.165, 1.54) is 0 Å². The Bertz CT molecular complexity index is 1160. The number of ether oxygens (including phenoxy) is 1. The zero-order chi connectivity index (χ0) is 22.5. The summed E-state index contributed by atoms with van der Waals surface area (Å²) in [7, 11) is 0. The highest BCUT2D eigenvalue weighted by atomic mass is 16.5. The number of rotatable bonds is 9. The van der Waals surface area contributed by atoms with Crippen LogP contribution in [0.5, 0.6) is 5.75 Å². The number of hydrogen-bond donors (Lipinski definition) is 2. The van der Waals surface area contributed by atoms with Crippen LogP contribution in [-0.2, 0) is 6.61 Å². The smallest absolute Gasteiger partial charge is 0.133 e. The lowest BCUT2D eigenvalue weighted by Gasteiger charge is -2.20. The van der Waals surface area contributed by atoms with Crippen molar-refractivity contribution in [3.63, 3.8) is 0 Å². The molecule has 0 fully saturated rings. The van der Waals surface area contributed by atoms with Crippen molar-refractivity contribution in [3.8, 4) is 16.9 Å². The Morgan fingerprint density at radius 3 is 2.62 bits per heavy atom. The first-order valence-electron chi connectivity index (χ1n) is 11.3. The summed E-state index contributed by atoms with van der Waals surface area (Å²) in [5, 5.41) is 0.986. The first-order chi connectivity index (χ1) is 15.6. The van der Waals surface area contributed by atoms with Gasteiger partial charge in [-0.1, -0.05) is 55.8 Å². The maximum Gasteiger partial charge on any atom is 0.133 e. The first kappa shape index (κ1) is 21.9. The molecule has 5 heteroatoms. The van der Waals surface area contributed by atoms with Crippen molar-refractivity contribution in [1.82, 2.24) is 9.55 Å². The Hall–Kier alpha value is -3.31. The second-order valence-corrected chi connectivity index (χ2v) is 8.44. The van der Waals surface area contributed by atoms with Crippen molar-refractivity contribution in [2.75, 3.05) is 12.3 Å². The van der Waals surface area contributed by atoms with Crippen LogP contribution < -0.4 is 16.2 Å². The molecule has 5 nitrogen and oxygen atoms in total. The first-order valence-corrected chi connectivity index (χ1v) is 11.3. The summed E-state index contributed by atoms with van der Waals surface area (Å²) >= 11 is 0. The molecule has 2 heterocycles. The third-order valence-electron chi connectivity index (χ3n) is 6.23. The molecular formula is C27H32N4O. The molecule has 4 aromatic rings. The minimum atomic E-state index is 0.305. The molecule has 4 N–H and O–H groups in total. The van der Waals surface area contributed by atoms with Crippen LogP contribution in [0, 0.1) is 5.92 Å². The zero-order valence-corrected chi connectivity index (χ0v) is 18.9. The molecule has 2 unspecified atom stereocenters. The van der Waals surface area contributed by atoms with Gasteiger partial charge in [0.25, 0.3) is 0 Å². The Labute approximate surface area is 190 Å². The highest BCUT2D eigenvalue weighted by Gasteiger charge is 2.19. The van der Waals surface area contributed by atoms with Crippen molar-refractivity contribution < 1.29 is 4.74 Å². The summed E-state index contributed by atoms with van der Waals surface area (Å²) in [6.45, 7) is 5.69. The van der Waals surface area contributed by atoms with E-state index in [1.807, 2.05) is 36.4 Å². The minimum Gasteiger partial charge on any atom is -0.489 e. The third kappa shape index (κ3) is 4.63. The van der Waals surface area contributed by atoms with E-state index in [2.05, 4.69) is 53.9 Å². The maximum absolute atomic E-state index is 6.36. The zero-order valence-electron chi connectivity index (χ0n) is 18.9. The molecule has 0 amide bonds. The second kappa shape index (κ2) is 9.88. The molecule has 0 saturated heterocycles. The average molecular weight is 429 g/mol. The number of fused-ring (bicyclic) bond motifs is 1. The van der Waals surface area contributed by atoms with Gasteiger partial charge in [-0.25, -0.2) is 4.98 Å². The van der Waals surface area contributed by atoms with E-state index in [1.54, 1.807) is 6.20 Å². The Balaban J connectivity index is 1.68. The standard InChI is InChI=1S/C27H32N4O/c1-3-20(16-28)14-19(2)31-17-24(26-25(31)12-13-30-27(26)29)22-10-7-11-23(15-22)32-18-21-8-5-4-6-9-21/h4-13,15,17,19-20H,3,14,16,18,28H2,1-2H3,(H2,29,30). The molecule has 0 spiro atoms. The van der Waals surface area contributed by atoms with Gasteiger partial charge in [0.1, 0.15) is 18.2 Å². The van der Waals surface area contributed by atoms with E-state index in [4.69, 9.17) is 16.2 Å². The fourth-order valence-electron chi connectivity index (χ4n) is 4.33. The quantitative estimate of drug-likeness (QED) is 0.353. The lowest BCUT2D eigenvalue weighted by Crippen LogP contribution is -2.18. The van der Waals surface area contributed by atoms with Gasteiger partial charge >= 0.3 is 0 Å². The van der Waals surface area contributed by atoms with Crippen LogP contribution in [0.1, 0.15) is 38.3 Å². The Morgan fingerprint density at radius 1 is 1.06 bits per heavy atom. The fraction of sp³-hybridized carbons (Fsp3) is 0.296. The Kier molecular flexibility index (Phi) is 6.76. The predicted molar refractivity (Wildman–Crippen MR) is 133 cm³/mol. The molecule has 0 radical (unpaired) electrons. The van der Waals surface area contributed by atoms with Gasteiger partial charge in [-0.15, -0.1) is 0 Å². The lowest BCUT2D eigenvalue weighted by atomic mass is 9.98. The highest BCUT2D eigenvalue weighted by molar-refractivity contribution is 6.02. The number of aromatic nitrogens is 2. The normalized spacial score (nSPS) is 13.2. The number of pyridine rings is 1. The second-order valence-electron chi connectivity index (χ2n) is 8.44. The summed E-state index contributed by atoms with van der Waals surface area (Å²) < 4.78 is 8.38. The van der Waals surface area contributed by atoms with Crippen molar-refractivity contribution in [3.05, 3.63) is 78.6 Å². The van der Waals surface area contributed by atoms with E-state index >= 15 is 0 Å². The van der Waals surface area contributed by atoms with Gasteiger partial charge in [-0.3, -0.25) is 0 Å². The van der Waals surface area contributed by atoms with Crippen LogP contribution in [0.2, 0.25) is 0 Å². The topological polar surface area (TPSA) is 79.1 Å². The van der Waals surface area contributed by atoms with Crippen LogP contribution in [0.15, 0.2) is 73.1 Å². The SMILES string of the molecule is CCC(CN)CC(C)n1cc(-c2cccc(OCc3ccccc3)c2)c2c(N)nccc21. The van der Waals surface area contributed by atoms with Gasteiger partial charge in [-0.05, 0) is 55.1 Å². The molecule has 166 valence electrons. The van der Waals surface area contributed by atoms with Gasteiger partial charge in [0.2, 0.25) is 0 Å².